The highest BCUT2D eigenvalue weighted by molar-refractivity contribution is 5.93. The first-order chi connectivity index (χ1) is 10.1. The lowest BCUT2D eigenvalue weighted by molar-refractivity contribution is -0.132. The van der Waals surface area contributed by atoms with E-state index in [1.807, 2.05) is 6.92 Å². The van der Waals surface area contributed by atoms with Crippen molar-refractivity contribution in [1.29, 1.82) is 0 Å². The summed E-state index contributed by atoms with van der Waals surface area (Å²) in [5.41, 5.74) is -0.321. The second kappa shape index (κ2) is 7.36. The van der Waals surface area contributed by atoms with Crippen molar-refractivity contribution in [3.63, 3.8) is 0 Å². The highest BCUT2D eigenvalue weighted by Gasteiger charge is 2.24. The van der Waals surface area contributed by atoms with Gasteiger partial charge in [0.25, 0.3) is 11.5 Å². The molecule has 1 aliphatic carbocycles. The van der Waals surface area contributed by atoms with Crippen LogP contribution in [0.1, 0.15) is 45.4 Å². The fourth-order valence-corrected chi connectivity index (χ4v) is 2.56. The molecule has 116 valence electrons. The van der Waals surface area contributed by atoms with Gasteiger partial charge < -0.3 is 14.6 Å². The predicted octanol–water partition coefficient (Wildman–Crippen LogP) is 1.85. The van der Waals surface area contributed by atoms with Crippen LogP contribution in [0.25, 0.3) is 0 Å². The lowest BCUT2D eigenvalue weighted by Gasteiger charge is -2.26. The first-order valence-electron chi connectivity index (χ1n) is 7.59. The molecule has 0 unspecified atom stereocenters. The molecule has 1 heterocycles. The molecule has 0 saturated heterocycles. The predicted molar refractivity (Wildman–Crippen MR) is 80.1 cm³/mol. The Hall–Kier alpha value is -1.69. The summed E-state index contributed by atoms with van der Waals surface area (Å²) in [5, 5.41) is 2.58. The number of nitrogens with one attached hydrogen (secondary N) is 1. The van der Waals surface area contributed by atoms with Crippen molar-refractivity contribution in [2.75, 3.05) is 5.32 Å². The Kier molecular flexibility index (Phi) is 5.50. The maximum absolute atomic E-state index is 12.3. The normalized spacial score (nSPS) is 17.4. The second-order valence-electron chi connectivity index (χ2n) is 5.47. The van der Waals surface area contributed by atoms with Gasteiger partial charge >= 0.3 is 0 Å². The van der Waals surface area contributed by atoms with Gasteiger partial charge in [-0.1, -0.05) is 26.2 Å². The molecule has 1 saturated carbocycles. The molecule has 1 atom stereocenters. The van der Waals surface area contributed by atoms with Crippen molar-refractivity contribution >= 4 is 11.7 Å². The molecule has 0 bridgehead atoms. The minimum Gasteiger partial charge on any atom is -0.365 e. The van der Waals surface area contributed by atoms with Gasteiger partial charge in [0.05, 0.1) is 6.10 Å². The number of hydrogen-bond acceptors (Lipinski definition) is 4. The highest BCUT2D eigenvalue weighted by atomic mass is 16.5. The van der Waals surface area contributed by atoms with E-state index in [0.29, 0.717) is 6.42 Å². The molecule has 1 amide bonds. The number of aryl methyl sites for hydroxylation is 1. The molecule has 0 radical (unpaired) electrons. The van der Waals surface area contributed by atoms with E-state index in [9.17, 15) is 9.59 Å². The van der Waals surface area contributed by atoms with E-state index in [1.54, 1.807) is 13.2 Å². The van der Waals surface area contributed by atoms with Crippen LogP contribution in [0.5, 0.6) is 0 Å². The van der Waals surface area contributed by atoms with Gasteiger partial charge in [0.2, 0.25) is 0 Å². The van der Waals surface area contributed by atoms with Crippen LogP contribution in [0.3, 0.4) is 0 Å². The monoisotopic (exact) mass is 293 g/mol. The fraction of sp³-hybridized carbons (Fsp3) is 0.667. The van der Waals surface area contributed by atoms with E-state index in [4.69, 9.17) is 4.74 Å². The molecule has 6 nitrogen and oxygen atoms in total. The Bertz CT molecular complexity index is 535. The third-order valence-electron chi connectivity index (χ3n) is 3.83. The number of hydrogen-bond donors (Lipinski definition) is 1. The van der Waals surface area contributed by atoms with Crippen molar-refractivity contribution in [3.8, 4) is 0 Å². The van der Waals surface area contributed by atoms with Crippen LogP contribution in [-0.2, 0) is 16.6 Å². The van der Waals surface area contributed by atoms with Crippen molar-refractivity contribution < 1.29 is 9.53 Å². The Morgan fingerprint density at radius 2 is 2.19 bits per heavy atom. The molecule has 0 aliphatic heterocycles. The summed E-state index contributed by atoms with van der Waals surface area (Å²) < 4.78 is 7.28. The molecule has 6 heteroatoms. The zero-order valence-electron chi connectivity index (χ0n) is 12.7. The van der Waals surface area contributed by atoms with E-state index in [1.165, 1.54) is 17.2 Å². The van der Waals surface area contributed by atoms with Crippen molar-refractivity contribution in [2.45, 2.75) is 57.7 Å². The standard InChI is InChI=1S/C15H23N3O3/c1-3-12(21-11-7-5-4-6-8-11)14(19)17-13-15(20)18(2)10-9-16-13/h9-12H,3-8H2,1-2H3,(H,16,17,19)/t12-/m0/s1. The van der Waals surface area contributed by atoms with E-state index < -0.39 is 6.10 Å². The molecule has 0 spiro atoms. The van der Waals surface area contributed by atoms with Crippen LogP contribution in [0.2, 0.25) is 0 Å². The average Bonchev–Trinajstić information content (AvgIpc) is 2.50. The zero-order chi connectivity index (χ0) is 15.2. The third kappa shape index (κ3) is 4.14. The Morgan fingerprint density at radius 3 is 2.86 bits per heavy atom. The minimum atomic E-state index is -0.528. The van der Waals surface area contributed by atoms with Gasteiger partial charge in [-0.3, -0.25) is 9.59 Å². The fourth-order valence-electron chi connectivity index (χ4n) is 2.56. The maximum Gasteiger partial charge on any atom is 0.293 e. The lowest BCUT2D eigenvalue weighted by atomic mass is 9.97. The third-order valence-corrected chi connectivity index (χ3v) is 3.83. The van der Waals surface area contributed by atoms with Gasteiger partial charge in [0, 0.05) is 19.4 Å². The van der Waals surface area contributed by atoms with E-state index in [-0.39, 0.29) is 23.4 Å². The van der Waals surface area contributed by atoms with Crippen LogP contribution in [0.15, 0.2) is 17.2 Å². The van der Waals surface area contributed by atoms with Gasteiger partial charge in [-0.05, 0) is 19.3 Å². The molecule has 1 aromatic heterocycles. The van der Waals surface area contributed by atoms with Crippen LogP contribution in [-0.4, -0.2) is 27.7 Å². The van der Waals surface area contributed by atoms with Crippen LogP contribution >= 0.6 is 0 Å². The first-order valence-corrected chi connectivity index (χ1v) is 7.59. The number of aromatic nitrogens is 2. The summed E-state index contributed by atoms with van der Waals surface area (Å²) >= 11 is 0. The van der Waals surface area contributed by atoms with Crippen LogP contribution in [0, 0.1) is 0 Å². The number of nitrogens with zero attached hydrogens (tertiary/aromatic N) is 2. The van der Waals surface area contributed by atoms with Gasteiger partial charge in [-0.2, -0.15) is 0 Å². The van der Waals surface area contributed by atoms with Gasteiger partial charge in [-0.15, -0.1) is 0 Å². The first kappa shape index (κ1) is 15.7. The Balaban J connectivity index is 1.99. The topological polar surface area (TPSA) is 73.2 Å². The van der Waals surface area contributed by atoms with E-state index in [2.05, 4.69) is 10.3 Å². The number of carbonyl (C=O) groups is 1. The molecule has 1 fully saturated rings. The smallest absolute Gasteiger partial charge is 0.293 e. The molecule has 0 aromatic carbocycles. The van der Waals surface area contributed by atoms with Gasteiger partial charge in [0.15, 0.2) is 5.82 Å². The van der Waals surface area contributed by atoms with Gasteiger partial charge in [-0.25, -0.2) is 4.98 Å². The highest BCUT2D eigenvalue weighted by Crippen LogP contribution is 2.22. The van der Waals surface area contributed by atoms with Crippen molar-refractivity contribution in [2.24, 2.45) is 7.05 Å². The van der Waals surface area contributed by atoms with Crippen molar-refractivity contribution in [1.82, 2.24) is 9.55 Å². The number of rotatable bonds is 5. The molecule has 2 rings (SSSR count). The summed E-state index contributed by atoms with van der Waals surface area (Å²) in [6.45, 7) is 1.91. The number of anilines is 1. The maximum atomic E-state index is 12.3. The molecular formula is C15H23N3O3. The number of amides is 1. The minimum absolute atomic E-state index is 0.0516. The average molecular weight is 293 g/mol. The van der Waals surface area contributed by atoms with E-state index >= 15 is 0 Å². The van der Waals surface area contributed by atoms with Crippen molar-refractivity contribution in [3.05, 3.63) is 22.7 Å². The Labute approximate surface area is 124 Å². The Morgan fingerprint density at radius 1 is 1.48 bits per heavy atom. The molecular weight excluding hydrogens is 270 g/mol. The van der Waals surface area contributed by atoms with Crippen LogP contribution in [0.4, 0.5) is 5.82 Å². The lowest BCUT2D eigenvalue weighted by Crippen LogP contribution is -2.36. The summed E-state index contributed by atoms with van der Waals surface area (Å²) in [7, 11) is 1.62. The van der Waals surface area contributed by atoms with Gasteiger partial charge in [0.1, 0.15) is 6.10 Å². The summed E-state index contributed by atoms with van der Waals surface area (Å²) in [6.07, 6.45) is 8.81. The summed E-state index contributed by atoms with van der Waals surface area (Å²) in [5.74, 6) is -0.241. The largest absolute Gasteiger partial charge is 0.365 e. The molecule has 21 heavy (non-hydrogen) atoms. The number of ether oxygens (including phenoxy) is 1. The molecule has 1 N–H and O–H groups in total. The second-order valence-corrected chi connectivity index (χ2v) is 5.47. The molecule has 1 aliphatic rings. The van der Waals surface area contributed by atoms with E-state index in [0.717, 1.165) is 25.7 Å². The zero-order valence-corrected chi connectivity index (χ0v) is 12.7. The number of carbonyl (C=O) groups excluding carboxylic acids is 1. The molecule has 1 aromatic rings. The SMILES string of the molecule is CC[C@H](OC1CCCCC1)C(=O)Nc1nccn(C)c1=O. The van der Waals surface area contributed by atoms with Crippen LogP contribution < -0.4 is 10.9 Å². The quantitative estimate of drug-likeness (QED) is 0.899. The summed E-state index contributed by atoms with van der Waals surface area (Å²) in [6, 6.07) is 0. The summed E-state index contributed by atoms with van der Waals surface area (Å²) in [4.78, 5) is 28.0.